The van der Waals surface area contributed by atoms with Crippen LogP contribution < -0.4 is 5.32 Å². The quantitative estimate of drug-likeness (QED) is 0.723. The molecule has 18 heavy (non-hydrogen) atoms. The van der Waals surface area contributed by atoms with Crippen LogP contribution in [0.1, 0.15) is 47.5 Å². The molecular weight excluding hydrogens is 244 g/mol. The highest BCUT2D eigenvalue weighted by Crippen LogP contribution is 2.23. The Hall–Kier alpha value is -0.220. The SMILES string of the molecule is CCSCCC(C)N1C(=O)C(CC)NC1C(C)C. The molecule has 1 heterocycles. The molecule has 0 aromatic heterocycles. The molecule has 1 rings (SSSR count). The summed E-state index contributed by atoms with van der Waals surface area (Å²) in [7, 11) is 0. The summed E-state index contributed by atoms with van der Waals surface area (Å²) in [6, 6.07) is 0.367. The lowest BCUT2D eigenvalue weighted by Crippen LogP contribution is -2.46. The van der Waals surface area contributed by atoms with Gasteiger partial charge in [-0.2, -0.15) is 11.8 Å². The highest BCUT2D eigenvalue weighted by Gasteiger charge is 2.41. The van der Waals surface area contributed by atoms with Gasteiger partial charge in [0.15, 0.2) is 0 Å². The van der Waals surface area contributed by atoms with Crippen LogP contribution >= 0.6 is 11.8 Å². The summed E-state index contributed by atoms with van der Waals surface area (Å²) in [6.45, 7) is 10.8. The van der Waals surface area contributed by atoms with Crippen LogP contribution in [0.5, 0.6) is 0 Å². The van der Waals surface area contributed by atoms with Crippen molar-refractivity contribution < 1.29 is 4.79 Å². The molecule has 1 aliphatic heterocycles. The Labute approximate surface area is 116 Å². The first-order chi connectivity index (χ1) is 8.52. The number of nitrogens with zero attached hydrogens (tertiary/aromatic N) is 1. The first-order valence-electron chi connectivity index (χ1n) is 7.18. The van der Waals surface area contributed by atoms with Gasteiger partial charge in [-0.15, -0.1) is 0 Å². The Morgan fingerprint density at radius 3 is 2.50 bits per heavy atom. The molecule has 106 valence electrons. The Bertz CT molecular complexity index is 271. The Balaban J connectivity index is 2.66. The van der Waals surface area contributed by atoms with Gasteiger partial charge >= 0.3 is 0 Å². The summed E-state index contributed by atoms with van der Waals surface area (Å²) in [5.41, 5.74) is 0. The van der Waals surface area contributed by atoms with Crippen molar-refractivity contribution in [2.75, 3.05) is 11.5 Å². The standard InChI is InChI=1S/C14H28N2OS/c1-6-12-14(17)16(13(15-12)10(3)4)11(5)8-9-18-7-2/h10-13,15H,6-9H2,1-5H3. The average molecular weight is 272 g/mol. The molecule has 1 amide bonds. The van der Waals surface area contributed by atoms with Crippen molar-refractivity contribution in [1.82, 2.24) is 10.2 Å². The third-order valence-corrected chi connectivity index (χ3v) is 4.56. The van der Waals surface area contributed by atoms with E-state index in [0.29, 0.717) is 17.9 Å². The van der Waals surface area contributed by atoms with Crippen LogP contribution in [0, 0.1) is 5.92 Å². The number of carbonyl (C=O) groups is 1. The number of amides is 1. The summed E-state index contributed by atoms with van der Waals surface area (Å²) >= 11 is 1.95. The topological polar surface area (TPSA) is 32.3 Å². The highest BCUT2D eigenvalue weighted by atomic mass is 32.2. The molecule has 0 bridgehead atoms. The molecule has 4 heteroatoms. The monoisotopic (exact) mass is 272 g/mol. The third-order valence-electron chi connectivity index (χ3n) is 3.62. The van der Waals surface area contributed by atoms with Gasteiger partial charge < -0.3 is 4.90 Å². The van der Waals surface area contributed by atoms with E-state index in [1.807, 2.05) is 11.8 Å². The minimum Gasteiger partial charge on any atom is -0.323 e. The molecule has 0 radical (unpaired) electrons. The molecule has 1 N–H and O–H groups in total. The molecule has 0 aliphatic carbocycles. The van der Waals surface area contributed by atoms with E-state index in [1.165, 1.54) is 0 Å². The molecule has 0 spiro atoms. The van der Waals surface area contributed by atoms with Crippen molar-refractivity contribution in [3.05, 3.63) is 0 Å². The first kappa shape index (κ1) is 15.8. The van der Waals surface area contributed by atoms with E-state index in [-0.39, 0.29) is 12.2 Å². The minimum atomic E-state index is 0.0266. The second kappa shape index (κ2) is 7.39. The predicted molar refractivity (Wildman–Crippen MR) is 79.8 cm³/mol. The molecule has 1 aliphatic rings. The highest BCUT2D eigenvalue weighted by molar-refractivity contribution is 7.99. The fraction of sp³-hybridized carbons (Fsp3) is 0.929. The van der Waals surface area contributed by atoms with Crippen LogP contribution in [-0.2, 0) is 4.79 Å². The van der Waals surface area contributed by atoms with Crippen LogP contribution in [0.3, 0.4) is 0 Å². The van der Waals surface area contributed by atoms with Gasteiger partial charge in [0.25, 0.3) is 0 Å². The lowest BCUT2D eigenvalue weighted by atomic mass is 10.1. The van der Waals surface area contributed by atoms with Gasteiger partial charge in [-0.05, 0) is 37.2 Å². The summed E-state index contributed by atoms with van der Waals surface area (Å²) in [5.74, 6) is 3.06. The zero-order valence-electron chi connectivity index (χ0n) is 12.4. The van der Waals surface area contributed by atoms with Crippen LogP contribution in [0.25, 0.3) is 0 Å². The van der Waals surface area contributed by atoms with E-state index in [4.69, 9.17) is 0 Å². The van der Waals surface area contributed by atoms with Crippen LogP contribution in [0.15, 0.2) is 0 Å². The molecule has 1 fully saturated rings. The molecular formula is C14H28N2OS. The number of nitrogens with one attached hydrogen (secondary N) is 1. The molecule has 3 unspecified atom stereocenters. The maximum atomic E-state index is 12.4. The van der Waals surface area contributed by atoms with Gasteiger partial charge in [-0.3, -0.25) is 10.1 Å². The van der Waals surface area contributed by atoms with Crippen LogP contribution in [0.2, 0.25) is 0 Å². The zero-order valence-corrected chi connectivity index (χ0v) is 13.2. The van der Waals surface area contributed by atoms with E-state index < -0.39 is 0 Å². The minimum absolute atomic E-state index is 0.0266. The summed E-state index contributed by atoms with van der Waals surface area (Å²) in [4.78, 5) is 14.5. The van der Waals surface area contributed by atoms with Crippen molar-refractivity contribution >= 4 is 17.7 Å². The van der Waals surface area contributed by atoms with E-state index in [2.05, 4.69) is 44.8 Å². The van der Waals surface area contributed by atoms with Gasteiger partial charge in [0.1, 0.15) is 0 Å². The molecule has 0 aromatic carbocycles. The Morgan fingerprint density at radius 2 is 2.00 bits per heavy atom. The maximum Gasteiger partial charge on any atom is 0.241 e. The molecule has 1 saturated heterocycles. The van der Waals surface area contributed by atoms with E-state index in [9.17, 15) is 4.79 Å². The third kappa shape index (κ3) is 3.64. The van der Waals surface area contributed by atoms with E-state index in [1.54, 1.807) is 0 Å². The lowest BCUT2D eigenvalue weighted by molar-refractivity contribution is -0.132. The first-order valence-corrected chi connectivity index (χ1v) is 8.34. The van der Waals surface area contributed by atoms with Crippen LogP contribution in [0.4, 0.5) is 0 Å². The average Bonchev–Trinajstić information content (AvgIpc) is 2.66. The van der Waals surface area contributed by atoms with E-state index in [0.717, 1.165) is 24.3 Å². The number of hydrogen-bond acceptors (Lipinski definition) is 3. The Kier molecular flexibility index (Phi) is 6.50. The van der Waals surface area contributed by atoms with Crippen molar-refractivity contribution in [3.8, 4) is 0 Å². The maximum absolute atomic E-state index is 12.4. The second-order valence-corrected chi connectivity index (χ2v) is 6.79. The van der Waals surface area contributed by atoms with Gasteiger partial charge in [-0.25, -0.2) is 0 Å². The van der Waals surface area contributed by atoms with Gasteiger partial charge in [-0.1, -0.05) is 27.7 Å². The van der Waals surface area contributed by atoms with Crippen LogP contribution in [-0.4, -0.2) is 40.6 Å². The van der Waals surface area contributed by atoms with Gasteiger partial charge in [0.2, 0.25) is 5.91 Å². The summed E-state index contributed by atoms with van der Waals surface area (Å²) < 4.78 is 0. The fourth-order valence-electron chi connectivity index (χ4n) is 2.51. The summed E-state index contributed by atoms with van der Waals surface area (Å²) in [5, 5.41) is 3.48. The molecule has 0 saturated carbocycles. The molecule has 0 aromatic rings. The van der Waals surface area contributed by atoms with Crippen molar-refractivity contribution in [2.24, 2.45) is 5.92 Å². The molecule has 3 nitrogen and oxygen atoms in total. The number of carbonyl (C=O) groups excluding carboxylic acids is 1. The lowest BCUT2D eigenvalue weighted by Gasteiger charge is -2.32. The van der Waals surface area contributed by atoms with Crippen molar-refractivity contribution in [1.29, 1.82) is 0 Å². The predicted octanol–water partition coefficient (Wildman–Crippen LogP) is 2.71. The zero-order chi connectivity index (χ0) is 13.7. The van der Waals surface area contributed by atoms with Crippen molar-refractivity contribution in [3.63, 3.8) is 0 Å². The number of rotatable bonds is 7. The smallest absolute Gasteiger partial charge is 0.241 e. The summed E-state index contributed by atoms with van der Waals surface area (Å²) in [6.07, 6.45) is 2.18. The second-order valence-electron chi connectivity index (χ2n) is 5.40. The number of thioether (sulfide) groups is 1. The van der Waals surface area contributed by atoms with Crippen molar-refractivity contribution in [2.45, 2.75) is 65.7 Å². The normalized spacial score (nSPS) is 26.1. The van der Waals surface area contributed by atoms with Gasteiger partial charge in [0.05, 0.1) is 12.2 Å². The molecule has 3 atom stereocenters. The number of hydrogen-bond donors (Lipinski definition) is 1. The van der Waals surface area contributed by atoms with Gasteiger partial charge in [0, 0.05) is 6.04 Å². The fourth-order valence-corrected chi connectivity index (χ4v) is 3.31. The van der Waals surface area contributed by atoms with E-state index >= 15 is 0 Å². The Morgan fingerprint density at radius 1 is 1.33 bits per heavy atom. The largest absolute Gasteiger partial charge is 0.323 e.